The van der Waals surface area contributed by atoms with Gasteiger partial charge in [0.2, 0.25) is 17.6 Å². The van der Waals surface area contributed by atoms with Crippen molar-refractivity contribution in [1.82, 2.24) is 25.7 Å². The number of amides is 1. The van der Waals surface area contributed by atoms with Crippen molar-refractivity contribution in [3.05, 3.63) is 35.2 Å². The van der Waals surface area contributed by atoms with E-state index in [1.165, 1.54) is 0 Å². The van der Waals surface area contributed by atoms with Crippen LogP contribution in [0.3, 0.4) is 0 Å². The number of aliphatic imine (C=N–C) groups is 1. The Hall–Kier alpha value is -1.88. The van der Waals surface area contributed by atoms with E-state index in [4.69, 9.17) is 16.1 Å². The van der Waals surface area contributed by atoms with Gasteiger partial charge in [-0.25, -0.2) is 0 Å². The topological polar surface area (TPSA) is 95.7 Å². The van der Waals surface area contributed by atoms with E-state index in [1.807, 2.05) is 40.0 Å². The Labute approximate surface area is 193 Å². The molecule has 1 amide bonds. The third-order valence-electron chi connectivity index (χ3n) is 3.64. The smallest absolute Gasteiger partial charge is 0.240 e. The van der Waals surface area contributed by atoms with E-state index >= 15 is 0 Å². The summed E-state index contributed by atoms with van der Waals surface area (Å²) in [5.41, 5.74) is 0.531. The van der Waals surface area contributed by atoms with Crippen LogP contribution in [0.15, 0.2) is 33.8 Å². The summed E-state index contributed by atoms with van der Waals surface area (Å²) in [5, 5.41) is 10.7. The van der Waals surface area contributed by atoms with E-state index in [0.717, 1.165) is 5.56 Å². The predicted molar refractivity (Wildman–Crippen MR) is 126 cm³/mol. The monoisotopic (exact) mass is 534 g/mol. The van der Waals surface area contributed by atoms with Gasteiger partial charge >= 0.3 is 0 Å². The molecule has 10 heteroatoms. The number of likely N-dealkylation sites (N-methyl/N-ethyl adjacent to an activating group) is 1. The zero-order chi connectivity index (χ0) is 20.7. The zero-order valence-corrected chi connectivity index (χ0v) is 20.4. The molecule has 0 unspecified atom stereocenters. The zero-order valence-electron chi connectivity index (χ0n) is 17.3. The van der Waals surface area contributed by atoms with Crippen molar-refractivity contribution in [2.75, 3.05) is 27.2 Å². The van der Waals surface area contributed by atoms with Gasteiger partial charge in [0.05, 0.1) is 6.54 Å². The number of guanidine groups is 1. The number of nitrogens with zero attached hydrogens (tertiary/aromatic N) is 4. The third-order valence-corrected chi connectivity index (χ3v) is 3.88. The number of nitrogens with one attached hydrogen (secondary N) is 2. The molecule has 0 aliphatic carbocycles. The molecule has 29 heavy (non-hydrogen) atoms. The van der Waals surface area contributed by atoms with Crippen LogP contribution in [0.25, 0.3) is 11.4 Å². The Morgan fingerprint density at radius 2 is 2.07 bits per heavy atom. The average Bonchev–Trinajstić information content (AvgIpc) is 3.05. The molecule has 0 aliphatic heterocycles. The largest absolute Gasteiger partial charge is 0.356 e. The second-order valence-corrected chi connectivity index (χ2v) is 7.84. The van der Waals surface area contributed by atoms with Gasteiger partial charge < -0.3 is 20.1 Å². The molecule has 0 radical (unpaired) electrons. The summed E-state index contributed by atoms with van der Waals surface area (Å²) in [6.07, 6.45) is 0.522. The maximum Gasteiger partial charge on any atom is 0.240 e. The molecule has 0 saturated heterocycles. The minimum absolute atomic E-state index is 0. The Morgan fingerprint density at radius 3 is 2.69 bits per heavy atom. The summed E-state index contributed by atoms with van der Waals surface area (Å²) in [4.78, 5) is 22.4. The van der Waals surface area contributed by atoms with Crippen LogP contribution in [0.1, 0.15) is 26.7 Å². The summed E-state index contributed by atoms with van der Waals surface area (Å²) in [5.74, 6) is 1.54. The van der Waals surface area contributed by atoms with Crippen LogP contribution in [-0.2, 0) is 11.2 Å². The van der Waals surface area contributed by atoms with Crippen molar-refractivity contribution in [1.29, 1.82) is 0 Å². The highest BCUT2D eigenvalue weighted by Gasteiger charge is 2.17. The summed E-state index contributed by atoms with van der Waals surface area (Å²) in [7, 11) is 3.48. The van der Waals surface area contributed by atoms with Gasteiger partial charge in [0, 0.05) is 43.2 Å². The Morgan fingerprint density at radius 1 is 1.34 bits per heavy atom. The van der Waals surface area contributed by atoms with Crippen molar-refractivity contribution in [3.8, 4) is 11.4 Å². The fourth-order valence-electron chi connectivity index (χ4n) is 2.52. The van der Waals surface area contributed by atoms with Gasteiger partial charge in [-0.05, 0) is 32.9 Å². The third kappa shape index (κ3) is 8.57. The highest BCUT2D eigenvalue weighted by atomic mass is 127. The van der Waals surface area contributed by atoms with Gasteiger partial charge in [0.15, 0.2) is 5.96 Å². The minimum atomic E-state index is -0.270. The molecule has 0 bridgehead atoms. The lowest BCUT2D eigenvalue weighted by atomic mass is 10.1. The first-order valence-corrected chi connectivity index (χ1v) is 9.37. The Kier molecular flexibility index (Phi) is 9.84. The molecule has 8 nitrogen and oxygen atoms in total. The fourth-order valence-corrected chi connectivity index (χ4v) is 2.71. The molecule has 1 aromatic carbocycles. The highest BCUT2D eigenvalue weighted by Crippen LogP contribution is 2.19. The second-order valence-electron chi connectivity index (χ2n) is 7.40. The number of aromatic nitrogens is 2. The maximum absolute atomic E-state index is 12.1. The molecule has 0 spiro atoms. The summed E-state index contributed by atoms with van der Waals surface area (Å²) >= 11 is 5.99. The second kappa shape index (κ2) is 11.3. The SMILES string of the molecule is CN=C(NCCc1nc(-c2cccc(Cl)c2)no1)N(C)CC(=O)NC(C)(C)C.I. The minimum Gasteiger partial charge on any atom is -0.356 e. The van der Waals surface area contributed by atoms with Crippen molar-refractivity contribution >= 4 is 47.4 Å². The van der Waals surface area contributed by atoms with Crippen LogP contribution in [-0.4, -0.2) is 59.6 Å². The summed E-state index contributed by atoms with van der Waals surface area (Å²) < 4.78 is 5.29. The van der Waals surface area contributed by atoms with E-state index in [0.29, 0.717) is 35.7 Å². The number of benzene rings is 1. The standard InChI is InChI=1S/C19H27ClN6O2.HI/c1-19(2,3)24-15(27)12-26(5)18(21-4)22-10-9-16-23-17(25-28-16)13-7-6-8-14(20)11-13;/h6-8,11H,9-10,12H2,1-5H3,(H,21,22)(H,24,27);1H. The van der Waals surface area contributed by atoms with E-state index in [2.05, 4.69) is 25.8 Å². The number of hydrogen-bond acceptors (Lipinski definition) is 5. The highest BCUT2D eigenvalue weighted by molar-refractivity contribution is 14.0. The van der Waals surface area contributed by atoms with Crippen LogP contribution >= 0.6 is 35.6 Å². The number of halogens is 2. The molecule has 2 aromatic rings. The van der Waals surface area contributed by atoms with Crippen LogP contribution in [0.4, 0.5) is 0 Å². The molecule has 2 rings (SSSR count). The quantitative estimate of drug-likeness (QED) is 0.336. The van der Waals surface area contributed by atoms with Gasteiger partial charge in [0.1, 0.15) is 0 Å². The number of carbonyl (C=O) groups excluding carboxylic acids is 1. The van der Waals surface area contributed by atoms with Gasteiger partial charge in [-0.3, -0.25) is 9.79 Å². The van der Waals surface area contributed by atoms with E-state index < -0.39 is 0 Å². The number of carbonyl (C=O) groups is 1. The molecule has 160 valence electrons. The maximum atomic E-state index is 12.1. The van der Waals surface area contributed by atoms with E-state index in [1.54, 1.807) is 24.1 Å². The number of hydrogen-bond donors (Lipinski definition) is 2. The molecule has 0 fully saturated rings. The summed E-state index contributed by atoms with van der Waals surface area (Å²) in [6, 6.07) is 7.29. The van der Waals surface area contributed by atoms with Gasteiger partial charge in [-0.1, -0.05) is 28.9 Å². The van der Waals surface area contributed by atoms with Crippen LogP contribution in [0.2, 0.25) is 5.02 Å². The first-order chi connectivity index (χ1) is 13.2. The summed E-state index contributed by atoms with van der Waals surface area (Å²) in [6.45, 7) is 6.57. The van der Waals surface area contributed by atoms with Crippen LogP contribution in [0, 0.1) is 0 Å². The molecular formula is C19H28ClIN6O2. The molecule has 1 heterocycles. The van der Waals surface area contributed by atoms with E-state index in [9.17, 15) is 4.79 Å². The lowest BCUT2D eigenvalue weighted by molar-refractivity contribution is -0.122. The number of rotatable bonds is 6. The molecule has 0 atom stereocenters. The van der Waals surface area contributed by atoms with Crippen LogP contribution < -0.4 is 10.6 Å². The Bertz CT molecular complexity index is 834. The van der Waals surface area contributed by atoms with Crippen molar-refractivity contribution in [2.45, 2.75) is 32.7 Å². The lowest BCUT2D eigenvalue weighted by Crippen LogP contribution is -2.49. The molecule has 2 N–H and O–H groups in total. The van der Waals surface area contributed by atoms with Crippen molar-refractivity contribution < 1.29 is 9.32 Å². The average molecular weight is 535 g/mol. The molecule has 0 aliphatic rings. The molecule has 0 saturated carbocycles. The van der Waals surface area contributed by atoms with Crippen molar-refractivity contribution in [2.24, 2.45) is 4.99 Å². The van der Waals surface area contributed by atoms with Crippen LogP contribution in [0.5, 0.6) is 0 Å². The van der Waals surface area contributed by atoms with Crippen molar-refractivity contribution in [3.63, 3.8) is 0 Å². The van der Waals surface area contributed by atoms with E-state index in [-0.39, 0.29) is 42.0 Å². The first kappa shape index (κ1) is 25.2. The molecular weight excluding hydrogens is 507 g/mol. The predicted octanol–water partition coefficient (Wildman–Crippen LogP) is 2.97. The molecule has 1 aromatic heterocycles. The Balaban J connectivity index is 0.00000420. The van der Waals surface area contributed by atoms with Gasteiger partial charge in [0.25, 0.3) is 0 Å². The van der Waals surface area contributed by atoms with Gasteiger partial charge in [-0.15, -0.1) is 24.0 Å². The fraction of sp³-hybridized carbons (Fsp3) is 0.474. The normalized spacial score (nSPS) is 11.6. The lowest BCUT2D eigenvalue weighted by Gasteiger charge is -2.25. The first-order valence-electron chi connectivity index (χ1n) is 8.99. The van der Waals surface area contributed by atoms with Gasteiger partial charge in [-0.2, -0.15) is 4.98 Å².